The number of unbranched alkanes of at least 4 members (excludes halogenated alkanes) is 1. The van der Waals surface area contributed by atoms with Crippen LogP contribution >= 0.6 is 0 Å². The zero-order chi connectivity index (χ0) is 20.4. The molecule has 8 heteroatoms. The molecule has 0 saturated heterocycles. The number of hydrogen-bond acceptors (Lipinski definition) is 6. The van der Waals surface area contributed by atoms with Crippen LogP contribution in [-0.2, 0) is 19.1 Å². The Morgan fingerprint density at radius 1 is 1.26 bits per heavy atom. The number of rotatable bonds is 7. The van der Waals surface area contributed by atoms with Gasteiger partial charge in [0, 0.05) is 17.2 Å². The van der Waals surface area contributed by atoms with Gasteiger partial charge < -0.3 is 14.8 Å². The largest absolute Gasteiger partial charge is 0.464 e. The average molecular weight is 377 g/mol. The second-order valence-electron chi connectivity index (χ2n) is 6.81. The second-order valence-corrected chi connectivity index (χ2v) is 6.81. The van der Waals surface area contributed by atoms with Crippen molar-refractivity contribution in [3.05, 3.63) is 29.6 Å². The molecule has 1 aromatic heterocycles. The quantitative estimate of drug-likeness (QED) is 0.430. The highest BCUT2D eigenvalue weighted by atomic mass is 16.6. The van der Waals surface area contributed by atoms with E-state index in [4.69, 9.17) is 9.47 Å². The van der Waals surface area contributed by atoms with Crippen molar-refractivity contribution in [2.75, 3.05) is 19.0 Å². The van der Waals surface area contributed by atoms with Gasteiger partial charge in [-0.25, -0.2) is 14.6 Å². The average Bonchev–Trinajstić information content (AvgIpc) is 2.61. The first-order valence-electron chi connectivity index (χ1n) is 8.69. The van der Waals surface area contributed by atoms with E-state index in [0.29, 0.717) is 5.56 Å². The highest BCUT2D eigenvalue weighted by molar-refractivity contribution is 5.99. The Morgan fingerprint density at radius 2 is 1.96 bits per heavy atom. The molecule has 0 fully saturated rings. The van der Waals surface area contributed by atoms with E-state index in [0.717, 1.165) is 12.8 Å². The highest BCUT2D eigenvalue weighted by Crippen LogP contribution is 2.20. The zero-order valence-corrected chi connectivity index (χ0v) is 16.4. The van der Waals surface area contributed by atoms with E-state index < -0.39 is 17.5 Å². The zero-order valence-electron chi connectivity index (χ0n) is 16.4. The van der Waals surface area contributed by atoms with E-state index in [1.807, 2.05) is 6.92 Å². The van der Waals surface area contributed by atoms with E-state index in [2.05, 4.69) is 15.6 Å². The molecule has 27 heavy (non-hydrogen) atoms. The molecule has 2 N–H and O–H groups in total. The lowest BCUT2D eigenvalue weighted by atomic mass is 9.95. The van der Waals surface area contributed by atoms with Crippen LogP contribution in [0.1, 0.15) is 46.1 Å². The topological polar surface area (TPSA) is 107 Å². The molecular weight excluding hydrogens is 350 g/mol. The van der Waals surface area contributed by atoms with Crippen LogP contribution in [0.3, 0.4) is 0 Å². The molecule has 0 saturated carbocycles. The van der Waals surface area contributed by atoms with Crippen molar-refractivity contribution < 1.29 is 23.9 Å². The molecule has 148 valence electrons. The third kappa shape index (κ3) is 7.47. The molecule has 1 heterocycles. The summed E-state index contributed by atoms with van der Waals surface area (Å²) in [5.41, 5.74) is -0.312. The summed E-state index contributed by atoms with van der Waals surface area (Å²) in [5, 5.41) is 5.09. The lowest BCUT2D eigenvalue weighted by molar-refractivity contribution is -0.136. The van der Waals surface area contributed by atoms with Gasteiger partial charge in [0.2, 0.25) is 5.91 Å². The molecular formula is C19H27N3O5. The van der Waals surface area contributed by atoms with Crippen molar-refractivity contribution in [3.63, 3.8) is 0 Å². The van der Waals surface area contributed by atoms with Crippen LogP contribution in [0.25, 0.3) is 6.08 Å². The monoisotopic (exact) mass is 377 g/mol. The predicted octanol–water partition coefficient (Wildman–Crippen LogP) is 3.11. The molecule has 0 aliphatic rings. The summed E-state index contributed by atoms with van der Waals surface area (Å²) in [6.07, 6.45) is 3.72. The van der Waals surface area contributed by atoms with Gasteiger partial charge in [0.25, 0.3) is 0 Å². The second kappa shape index (κ2) is 10.3. The first kappa shape index (κ1) is 22.1. The van der Waals surface area contributed by atoms with Gasteiger partial charge in [0.15, 0.2) is 0 Å². The number of pyridine rings is 1. The van der Waals surface area contributed by atoms with Crippen LogP contribution in [0, 0.1) is 5.41 Å². The molecule has 0 aromatic carbocycles. The SMILES string of the molecule is CCCCOC(=O)NC(=Cc1cccnc1NC(=O)C(C)(C)C)C(=O)OC. The first-order chi connectivity index (χ1) is 12.7. The number of amides is 2. The van der Waals surface area contributed by atoms with Gasteiger partial charge in [-0.3, -0.25) is 10.1 Å². The molecule has 8 nitrogen and oxygen atoms in total. The molecule has 0 spiro atoms. The maximum absolute atomic E-state index is 12.2. The van der Waals surface area contributed by atoms with Crippen LogP contribution in [0.15, 0.2) is 24.0 Å². The van der Waals surface area contributed by atoms with Crippen LogP contribution in [-0.4, -0.2) is 36.7 Å². The molecule has 0 unspecified atom stereocenters. The number of nitrogens with zero attached hydrogens (tertiary/aromatic N) is 1. The summed E-state index contributed by atoms with van der Waals surface area (Å²) in [5.74, 6) is -0.721. The third-order valence-corrected chi connectivity index (χ3v) is 3.42. The summed E-state index contributed by atoms with van der Waals surface area (Å²) >= 11 is 0. The molecule has 2 amide bonds. The summed E-state index contributed by atoms with van der Waals surface area (Å²) in [6.45, 7) is 7.53. The molecule has 0 aliphatic carbocycles. The fourth-order valence-electron chi connectivity index (χ4n) is 1.80. The van der Waals surface area contributed by atoms with Gasteiger partial charge in [0.1, 0.15) is 11.5 Å². The van der Waals surface area contributed by atoms with Crippen LogP contribution < -0.4 is 10.6 Å². The van der Waals surface area contributed by atoms with Gasteiger partial charge in [-0.2, -0.15) is 0 Å². The summed E-state index contributed by atoms with van der Waals surface area (Å²) in [4.78, 5) is 40.2. The van der Waals surface area contributed by atoms with Crippen LogP contribution in [0.5, 0.6) is 0 Å². The lowest BCUT2D eigenvalue weighted by Crippen LogP contribution is -2.29. The number of nitrogens with one attached hydrogen (secondary N) is 2. The third-order valence-electron chi connectivity index (χ3n) is 3.42. The highest BCUT2D eigenvalue weighted by Gasteiger charge is 2.23. The van der Waals surface area contributed by atoms with Gasteiger partial charge >= 0.3 is 12.1 Å². The summed E-state index contributed by atoms with van der Waals surface area (Å²) in [6, 6.07) is 3.30. The van der Waals surface area contributed by atoms with Crippen molar-refractivity contribution in [1.29, 1.82) is 0 Å². The maximum Gasteiger partial charge on any atom is 0.411 e. The Balaban J connectivity index is 3.08. The van der Waals surface area contributed by atoms with Gasteiger partial charge in [0.05, 0.1) is 13.7 Å². The van der Waals surface area contributed by atoms with E-state index in [1.165, 1.54) is 19.4 Å². The van der Waals surface area contributed by atoms with Gasteiger partial charge in [-0.15, -0.1) is 0 Å². The number of carbonyl (C=O) groups excluding carboxylic acids is 3. The summed E-state index contributed by atoms with van der Waals surface area (Å²) in [7, 11) is 1.20. The number of ether oxygens (including phenoxy) is 2. The van der Waals surface area contributed by atoms with Crippen molar-refractivity contribution in [2.45, 2.75) is 40.5 Å². The Kier molecular flexibility index (Phi) is 8.44. The van der Waals surface area contributed by atoms with Gasteiger partial charge in [-0.05, 0) is 24.6 Å². The van der Waals surface area contributed by atoms with Crippen molar-refractivity contribution in [3.8, 4) is 0 Å². The van der Waals surface area contributed by atoms with Crippen molar-refractivity contribution >= 4 is 29.9 Å². The molecule has 1 rings (SSSR count). The molecule has 1 aromatic rings. The van der Waals surface area contributed by atoms with E-state index >= 15 is 0 Å². The number of anilines is 1. The molecule has 0 atom stereocenters. The Hall–Kier alpha value is -2.90. The minimum absolute atomic E-state index is 0.127. The maximum atomic E-state index is 12.2. The number of carbonyl (C=O) groups is 3. The number of aromatic nitrogens is 1. The predicted molar refractivity (Wildman–Crippen MR) is 102 cm³/mol. The Morgan fingerprint density at radius 3 is 2.56 bits per heavy atom. The first-order valence-corrected chi connectivity index (χ1v) is 8.69. The van der Waals surface area contributed by atoms with Crippen LogP contribution in [0.2, 0.25) is 0 Å². The van der Waals surface area contributed by atoms with E-state index in [9.17, 15) is 14.4 Å². The number of esters is 1. The van der Waals surface area contributed by atoms with Crippen molar-refractivity contribution in [2.24, 2.45) is 5.41 Å². The standard InChI is InChI=1S/C19H27N3O5/c1-6-7-11-27-18(25)21-14(16(23)26-5)12-13-9-8-10-20-15(13)22-17(24)19(2,3)4/h8-10,12H,6-7,11H2,1-5H3,(H,21,25)(H,20,22,24). The van der Waals surface area contributed by atoms with Crippen LogP contribution in [0.4, 0.5) is 10.6 Å². The van der Waals surface area contributed by atoms with Crippen molar-refractivity contribution in [1.82, 2.24) is 10.3 Å². The lowest BCUT2D eigenvalue weighted by Gasteiger charge is -2.18. The fraction of sp³-hybridized carbons (Fsp3) is 0.474. The Bertz CT molecular complexity index is 708. The number of alkyl carbamates (subject to hydrolysis) is 1. The number of hydrogen-bond donors (Lipinski definition) is 2. The molecule has 0 radical (unpaired) electrons. The minimum atomic E-state index is -0.760. The fourth-order valence-corrected chi connectivity index (χ4v) is 1.80. The summed E-state index contributed by atoms with van der Waals surface area (Å²) < 4.78 is 9.70. The minimum Gasteiger partial charge on any atom is -0.464 e. The smallest absolute Gasteiger partial charge is 0.411 e. The Labute approximate surface area is 159 Å². The van der Waals surface area contributed by atoms with E-state index in [-0.39, 0.29) is 24.0 Å². The number of methoxy groups -OCH3 is 1. The van der Waals surface area contributed by atoms with E-state index in [1.54, 1.807) is 32.9 Å². The van der Waals surface area contributed by atoms with Gasteiger partial charge in [-0.1, -0.05) is 34.1 Å². The normalized spacial score (nSPS) is 11.5. The molecule has 0 aliphatic heterocycles. The molecule has 0 bridgehead atoms.